The van der Waals surface area contributed by atoms with Gasteiger partial charge in [-0.25, -0.2) is 8.42 Å². The fourth-order valence-corrected chi connectivity index (χ4v) is 3.89. The molecule has 6 heteroatoms. The quantitative estimate of drug-likeness (QED) is 0.757. The van der Waals surface area contributed by atoms with Gasteiger partial charge in [0.15, 0.2) is 9.84 Å². The predicted molar refractivity (Wildman–Crippen MR) is 101 cm³/mol. The van der Waals surface area contributed by atoms with Crippen molar-refractivity contribution in [3.8, 4) is 0 Å². The molecule has 0 bridgehead atoms. The molecule has 0 aromatic heterocycles. The van der Waals surface area contributed by atoms with Gasteiger partial charge in [0, 0.05) is 10.2 Å². The molecule has 1 amide bonds. The summed E-state index contributed by atoms with van der Waals surface area (Å²) in [5.74, 6) is -0.989. The Morgan fingerprint density at radius 1 is 1.12 bits per heavy atom. The summed E-state index contributed by atoms with van der Waals surface area (Å²) in [6.07, 6.45) is 1.20. The van der Waals surface area contributed by atoms with Crippen LogP contribution in [0.4, 0.5) is 5.69 Å². The molecule has 4 nitrogen and oxygen atoms in total. The lowest BCUT2D eigenvalue weighted by molar-refractivity contribution is -0.113. The van der Waals surface area contributed by atoms with E-state index in [-0.39, 0.29) is 5.75 Å². The molecule has 2 aromatic carbocycles. The van der Waals surface area contributed by atoms with Crippen molar-refractivity contribution in [1.29, 1.82) is 0 Å². The normalized spacial score (nSPS) is 11.2. The molecule has 0 radical (unpaired) electrons. The topological polar surface area (TPSA) is 63.2 Å². The molecule has 0 aliphatic heterocycles. The molecule has 24 heavy (non-hydrogen) atoms. The van der Waals surface area contributed by atoms with Crippen molar-refractivity contribution < 1.29 is 13.2 Å². The van der Waals surface area contributed by atoms with Gasteiger partial charge in [-0.2, -0.15) is 0 Å². The van der Waals surface area contributed by atoms with Crippen LogP contribution in [0.5, 0.6) is 0 Å². The summed E-state index contributed by atoms with van der Waals surface area (Å²) in [7, 11) is -3.42. The molecule has 2 rings (SSSR count). The molecule has 0 aliphatic rings. The number of carbonyl (C=O) groups is 1. The summed E-state index contributed by atoms with van der Waals surface area (Å²) < 4.78 is 25.0. The van der Waals surface area contributed by atoms with Crippen molar-refractivity contribution in [1.82, 2.24) is 0 Å². The Kier molecular flexibility index (Phi) is 6.57. The molecular formula is C18H20BrNO3S. The minimum atomic E-state index is -3.42. The van der Waals surface area contributed by atoms with Gasteiger partial charge >= 0.3 is 0 Å². The number of benzene rings is 2. The second-order valence-electron chi connectivity index (χ2n) is 5.69. The van der Waals surface area contributed by atoms with Crippen molar-refractivity contribution in [2.45, 2.75) is 19.8 Å². The van der Waals surface area contributed by atoms with E-state index in [4.69, 9.17) is 0 Å². The van der Waals surface area contributed by atoms with Gasteiger partial charge in [-0.3, -0.25) is 4.79 Å². The van der Waals surface area contributed by atoms with E-state index in [1.54, 1.807) is 6.07 Å². The number of carbonyl (C=O) groups excluding carboxylic acids is 1. The third-order valence-electron chi connectivity index (χ3n) is 3.59. The van der Waals surface area contributed by atoms with Crippen LogP contribution in [0.1, 0.15) is 17.5 Å². The number of aryl methyl sites for hydroxylation is 2. The maximum atomic E-state index is 12.1. The molecule has 0 aliphatic carbocycles. The van der Waals surface area contributed by atoms with Crippen LogP contribution in [0.2, 0.25) is 0 Å². The highest BCUT2D eigenvalue weighted by molar-refractivity contribution is 9.10. The fraction of sp³-hybridized carbons (Fsp3) is 0.278. The van der Waals surface area contributed by atoms with Gasteiger partial charge in [-0.05, 0) is 43.0 Å². The standard InChI is InChI=1S/C18H20BrNO3S/c1-14-9-10-16(19)12-17(14)20-18(21)13-24(22,23)11-5-8-15-6-3-2-4-7-15/h2-4,6-7,9-10,12H,5,8,11,13H2,1H3,(H,20,21). The van der Waals surface area contributed by atoms with Crippen LogP contribution in [0.15, 0.2) is 53.0 Å². The van der Waals surface area contributed by atoms with E-state index >= 15 is 0 Å². The predicted octanol–water partition coefficient (Wildman–Crippen LogP) is 3.74. The Morgan fingerprint density at radius 3 is 2.54 bits per heavy atom. The number of hydrogen-bond acceptors (Lipinski definition) is 3. The molecular weight excluding hydrogens is 390 g/mol. The van der Waals surface area contributed by atoms with E-state index in [2.05, 4.69) is 21.2 Å². The third-order valence-corrected chi connectivity index (χ3v) is 5.69. The van der Waals surface area contributed by atoms with Crippen LogP contribution in [-0.2, 0) is 21.1 Å². The van der Waals surface area contributed by atoms with Crippen LogP contribution < -0.4 is 5.32 Å². The average Bonchev–Trinajstić information content (AvgIpc) is 2.51. The lowest BCUT2D eigenvalue weighted by Gasteiger charge is -2.09. The minimum absolute atomic E-state index is 0.00673. The first-order valence-corrected chi connectivity index (χ1v) is 10.3. The number of amides is 1. The van der Waals surface area contributed by atoms with Crippen molar-refractivity contribution >= 4 is 37.4 Å². The molecule has 1 N–H and O–H groups in total. The van der Waals surface area contributed by atoms with E-state index in [1.165, 1.54) is 0 Å². The third kappa shape index (κ3) is 6.09. The van der Waals surface area contributed by atoms with Gasteiger partial charge in [0.1, 0.15) is 5.75 Å². The van der Waals surface area contributed by atoms with Crippen molar-refractivity contribution in [3.63, 3.8) is 0 Å². The van der Waals surface area contributed by atoms with E-state index in [0.29, 0.717) is 18.5 Å². The highest BCUT2D eigenvalue weighted by Crippen LogP contribution is 2.20. The molecule has 0 atom stereocenters. The number of rotatable bonds is 7. The first kappa shape index (κ1) is 18.7. The highest BCUT2D eigenvalue weighted by Gasteiger charge is 2.17. The lowest BCUT2D eigenvalue weighted by atomic mass is 10.1. The average molecular weight is 410 g/mol. The van der Waals surface area contributed by atoms with E-state index in [1.807, 2.05) is 49.4 Å². The summed E-state index contributed by atoms with van der Waals surface area (Å²) in [4.78, 5) is 12.0. The lowest BCUT2D eigenvalue weighted by Crippen LogP contribution is -2.25. The molecule has 0 heterocycles. The van der Waals surface area contributed by atoms with Crippen LogP contribution in [0.3, 0.4) is 0 Å². The number of hydrogen-bond donors (Lipinski definition) is 1. The monoisotopic (exact) mass is 409 g/mol. The van der Waals surface area contributed by atoms with E-state index < -0.39 is 21.5 Å². The number of halogens is 1. The summed E-state index contributed by atoms with van der Waals surface area (Å²) in [5, 5.41) is 2.67. The molecule has 0 saturated carbocycles. The summed E-state index contributed by atoms with van der Waals surface area (Å²) in [6.45, 7) is 1.86. The van der Waals surface area contributed by atoms with Crippen molar-refractivity contribution in [2.24, 2.45) is 0 Å². The Hall–Kier alpha value is -1.66. The number of anilines is 1. The molecule has 0 spiro atoms. The first-order valence-electron chi connectivity index (χ1n) is 7.66. The largest absolute Gasteiger partial charge is 0.325 e. The second kappa shape index (κ2) is 8.44. The Balaban J connectivity index is 1.86. The molecule has 0 fully saturated rings. The maximum absolute atomic E-state index is 12.1. The first-order chi connectivity index (χ1) is 11.4. The zero-order valence-corrected chi connectivity index (χ0v) is 15.9. The summed E-state index contributed by atoms with van der Waals surface area (Å²) in [6, 6.07) is 15.2. The maximum Gasteiger partial charge on any atom is 0.239 e. The number of nitrogens with one attached hydrogen (secondary N) is 1. The zero-order valence-electron chi connectivity index (χ0n) is 13.5. The summed E-state index contributed by atoms with van der Waals surface area (Å²) >= 11 is 3.33. The molecule has 2 aromatic rings. The molecule has 0 unspecified atom stereocenters. The fourth-order valence-electron chi connectivity index (χ4n) is 2.33. The number of sulfone groups is 1. The highest BCUT2D eigenvalue weighted by atomic mass is 79.9. The van der Waals surface area contributed by atoms with E-state index in [9.17, 15) is 13.2 Å². The van der Waals surface area contributed by atoms with Crippen LogP contribution in [0.25, 0.3) is 0 Å². The minimum Gasteiger partial charge on any atom is -0.325 e. The van der Waals surface area contributed by atoms with Crippen LogP contribution in [-0.4, -0.2) is 25.8 Å². The van der Waals surface area contributed by atoms with Gasteiger partial charge < -0.3 is 5.32 Å². The Morgan fingerprint density at radius 2 is 1.83 bits per heavy atom. The van der Waals surface area contributed by atoms with Gasteiger partial charge in [-0.1, -0.05) is 52.3 Å². The van der Waals surface area contributed by atoms with Crippen LogP contribution in [0, 0.1) is 6.92 Å². The molecule has 128 valence electrons. The summed E-state index contributed by atoms with van der Waals surface area (Å²) in [5.41, 5.74) is 2.60. The van der Waals surface area contributed by atoms with Gasteiger partial charge in [-0.15, -0.1) is 0 Å². The van der Waals surface area contributed by atoms with Crippen molar-refractivity contribution in [2.75, 3.05) is 16.8 Å². The molecule has 0 saturated heterocycles. The zero-order chi connectivity index (χ0) is 17.6. The SMILES string of the molecule is Cc1ccc(Br)cc1NC(=O)CS(=O)(=O)CCCc1ccccc1. The Bertz CT molecular complexity index is 804. The smallest absolute Gasteiger partial charge is 0.239 e. The van der Waals surface area contributed by atoms with Crippen LogP contribution >= 0.6 is 15.9 Å². The Labute approximate surface area is 151 Å². The van der Waals surface area contributed by atoms with Gasteiger partial charge in [0.25, 0.3) is 0 Å². The van der Waals surface area contributed by atoms with E-state index in [0.717, 1.165) is 15.6 Å². The van der Waals surface area contributed by atoms with Crippen molar-refractivity contribution in [3.05, 3.63) is 64.1 Å². The van der Waals surface area contributed by atoms with Gasteiger partial charge in [0.2, 0.25) is 5.91 Å². The van der Waals surface area contributed by atoms with Gasteiger partial charge in [0.05, 0.1) is 5.75 Å². The second-order valence-corrected chi connectivity index (χ2v) is 8.79.